The highest BCUT2D eigenvalue weighted by Crippen LogP contribution is 2.32. The van der Waals surface area contributed by atoms with Gasteiger partial charge < -0.3 is 20.3 Å². The van der Waals surface area contributed by atoms with Crippen molar-refractivity contribution in [2.45, 2.75) is 38.1 Å². The number of amides is 1. The van der Waals surface area contributed by atoms with Gasteiger partial charge in [0.1, 0.15) is 0 Å². The van der Waals surface area contributed by atoms with E-state index in [4.69, 9.17) is 0 Å². The molecule has 1 fully saturated rings. The van der Waals surface area contributed by atoms with E-state index >= 15 is 0 Å². The van der Waals surface area contributed by atoms with Crippen LogP contribution < -0.4 is 10.2 Å². The fraction of sp³-hybridized carbons (Fsp3) is 0.267. The highest BCUT2D eigenvalue weighted by molar-refractivity contribution is 5.89. The zero-order chi connectivity index (χ0) is 24.9. The summed E-state index contributed by atoms with van der Waals surface area (Å²) in [4.78, 5) is 30.1. The van der Waals surface area contributed by atoms with Crippen molar-refractivity contribution >= 4 is 28.5 Å². The van der Waals surface area contributed by atoms with E-state index in [2.05, 4.69) is 45.5 Å². The first-order valence-electron chi connectivity index (χ1n) is 12.6. The average molecular weight is 482 g/mol. The SMILES string of the molecule is O=C(O)Cc1c[nH]c2ccc(CC(=O)NC(c3ccccc3)c3ccccc3N3CCCCC3)cc12. The first-order valence-corrected chi connectivity index (χ1v) is 12.6. The summed E-state index contributed by atoms with van der Waals surface area (Å²) in [6.45, 7) is 2.06. The summed E-state index contributed by atoms with van der Waals surface area (Å²) < 4.78 is 0. The molecule has 1 aromatic heterocycles. The van der Waals surface area contributed by atoms with Gasteiger partial charge >= 0.3 is 5.97 Å². The van der Waals surface area contributed by atoms with Gasteiger partial charge in [0.15, 0.2) is 0 Å². The van der Waals surface area contributed by atoms with Crippen molar-refractivity contribution in [2.24, 2.45) is 0 Å². The number of carbonyl (C=O) groups is 2. The van der Waals surface area contributed by atoms with E-state index in [9.17, 15) is 14.7 Å². The van der Waals surface area contributed by atoms with Crippen LogP contribution in [0.3, 0.4) is 0 Å². The van der Waals surface area contributed by atoms with E-state index in [1.807, 2.05) is 42.5 Å². The lowest BCUT2D eigenvalue weighted by Gasteiger charge is -2.33. The lowest BCUT2D eigenvalue weighted by molar-refractivity contribution is -0.136. The number of benzene rings is 3. The molecule has 0 saturated carbocycles. The van der Waals surface area contributed by atoms with Gasteiger partial charge in [0.2, 0.25) is 5.91 Å². The number of aromatic nitrogens is 1. The molecule has 0 radical (unpaired) electrons. The fourth-order valence-corrected chi connectivity index (χ4v) is 5.18. The number of nitrogens with one attached hydrogen (secondary N) is 2. The summed E-state index contributed by atoms with van der Waals surface area (Å²) in [5, 5.41) is 13.4. The Balaban J connectivity index is 1.42. The number of nitrogens with zero attached hydrogens (tertiary/aromatic N) is 1. The normalized spacial score (nSPS) is 14.5. The number of aromatic amines is 1. The van der Waals surface area contributed by atoms with Gasteiger partial charge in [0, 0.05) is 41.4 Å². The Hall–Kier alpha value is -4.06. The van der Waals surface area contributed by atoms with Crippen molar-refractivity contribution in [1.82, 2.24) is 10.3 Å². The zero-order valence-corrected chi connectivity index (χ0v) is 20.2. The first kappa shape index (κ1) is 23.7. The van der Waals surface area contributed by atoms with Crippen LogP contribution in [0, 0.1) is 0 Å². The third-order valence-electron chi connectivity index (χ3n) is 6.92. The highest BCUT2D eigenvalue weighted by atomic mass is 16.4. The van der Waals surface area contributed by atoms with Gasteiger partial charge in [-0.05, 0) is 54.2 Å². The van der Waals surface area contributed by atoms with Crippen LogP contribution in [0.5, 0.6) is 0 Å². The van der Waals surface area contributed by atoms with Crippen molar-refractivity contribution in [3.8, 4) is 0 Å². The Bertz CT molecular complexity index is 1360. The number of rotatable bonds is 8. The van der Waals surface area contributed by atoms with Crippen molar-refractivity contribution in [3.05, 3.63) is 101 Å². The topological polar surface area (TPSA) is 85.4 Å². The van der Waals surface area contributed by atoms with Crippen LogP contribution in [-0.4, -0.2) is 35.1 Å². The third-order valence-corrected chi connectivity index (χ3v) is 6.92. The van der Waals surface area contributed by atoms with Crippen molar-refractivity contribution in [3.63, 3.8) is 0 Å². The Kier molecular flexibility index (Phi) is 7.03. The number of para-hydroxylation sites is 1. The van der Waals surface area contributed by atoms with E-state index in [1.165, 1.54) is 24.9 Å². The minimum atomic E-state index is -0.878. The second-order valence-corrected chi connectivity index (χ2v) is 9.46. The molecule has 0 aliphatic carbocycles. The molecular formula is C30H31N3O3. The molecule has 1 aliphatic rings. The number of hydrogen-bond acceptors (Lipinski definition) is 3. The molecule has 4 aromatic rings. The smallest absolute Gasteiger partial charge is 0.307 e. The van der Waals surface area contributed by atoms with Gasteiger partial charge in [-0.25, -0.2) is 0 Å². The maximum atomic E-state index is 13.4. The molecular weight excluding hydrogens is 450 g/mol. The summed E-state index contributed by atoms with van der Waals surface area (Å²) in [6, 6.07) is 24.0. The third kappa shape index (κ3) is 5.28. The molecule has 36 heavy (non-hydrogen) atoms. The lowest BCUT2D eigenvalue weighted by Crippen LogP contribution is -2.34. The second-order valence-electron chi connectivity index (χ2n) is 9.46. The maximum absolute atomic E-state index is 13.4. The van der Waals surface area contributed by atoms with Crippen LogP contribution in [-0.2, 0) is 22.4 Å². The number of carbonyl (C=O) groups excluding carboxylic acids is 1. The second kappa shape index (κ2) is 10.7. The molecule has 1 atom stereocenters. The molecule has 3 aromatic carbocycles. The Morgan fingerprint density at radius 1 is 0.917 bits per heavy atom. The number of carboxylic acids is 1. The van der Waals surface area contributed by atoms with Gasteiger partial charge in [0.05, 0.1) is 18.9 Å². The Labute approximate surface area is 211 Å². The van der Waals surface area contributed by atoms with Crippen LogP contribution in [0.25, 0.3) is 10.9 Å². The zero-order valence-electron chi connectivity index (χ0n) is 20.2. The highest BCUT2D eigenvalue weighted by Gasteiger charge is 2.23. The molecule has 6 nitrogen and oxygen atoms in total. The molecule has 2 heterocycles. The minimum Gasteiger partial charge on any atom is -0.481 e. The minimum absolute atomic E-state index is 0.0565. The van der Waals surface area contributed by atoms with Gasteiger partial charge in [-0.2, -0.15) is 0 Å². The number of carboxylic acid groups (broad SMARTS) is 1. The van der Waals surface area contributed by atoms with Gasteiger partial charge in [0.25, 0.3) is 0 Å². The van der Waals surface area contributed by atoms with Crippen LogP contribution >= 0.6 is 0 Å². The Morgan fingerprint density at radius 2 is 1.67 bits per heavy atom. The first-order chi connectivity index (χ1) is 17.6. The molecule has 5 rings (SSSR count). The van der Waals surface area contributed by atoms with E-state index in [-0.39, 0.29) is 24.8 Å². The lowest BCUT2D eigenvalue weighted by atomic mass is 9.95. The molecule has 6 heteroatoms. The number of H-pyrrole nitrogens is 1. The van der Waals surface area contributed by atoms with E-state index in [0.29, 0.717) is 0 Å². The maximum Gasteiger partial charge on any atom is 0.307 e. The van der Waals surface area contributed by atoms with Crippen LogP contribution in [0.2, 0.25) is 0 Å². The predicted molar refractivity (Wildman–Crippen MR) is 142 cm³/mol. The summed E-state index contributed by atoms with van der Waals surface area (Å²) in [5.41, 5.74) is 5.76. The quantitative estimate of drug-likeness (QED) is 0.322. The van der Waals surface area contributed by atoms with Gasteiger partial charge in [-0.1, -0.05) is 54.6 Å². The molecule has 1 aliphatic heterocycles. The van der Waals surface area contributed by atoms with E-state index < -0.39 is 5.97 Å². The predicted octanol–water partition coefficient (Wildman–Crippen LogP) is 5.23. The van der Waals surface area contributed by atoms with E-state index in [0.717, 1.165) is 46.2 Å². The van der Waals surface area contributed by atoms with Crippen LogP contribution in [0.1, 0.15) is 47.6 Å². The molecule has 3 N–H and O–H groups in total. The average Bonchev–Trinajstić information content (AvgIpc) is 3.29. The van der Waals surface area contributed by atoms with Gasteiger partial charge in [-0.15, -0.1) is 0 Å². The molecule has 1 amide bonds. The summed E-state index contributed by atoms with van der Waals surface area (Å²) in [7, 11) is 0. The number of anilines is 1. The summed E-state index contributed by atoms with van der Waals surface area (Å²) in [5.74, 6) is -0.955. The largest absolute Gasteiger partial charge is 0.481 e. The number of hydrogen-bond donors (Lipinski definition) is 3. The molecule has 0 spiro atoms. The number of piperidine rings is 1. The van der Waals surface area contributed by atoms with E-state index in [1.54, 1.807) is 6.20 Å². The standard InChI is InChI=1S/C30H31N3O3/c34-28(18-21-13-14-26-25(17-21)23(20-31-26)19-29(35)36)32-30(22-9-3-1-4-10-22)24-11-5-6-12-27(24)33-15-7-2-8-16-33/h1,3-6,9-14,17,20,30-31H,2,7-8,15-16,18-19H2,(H,32,34)(H,35,36). The Morgan fingerprint density at radius 3 is 2.44 bits per heavy atom. The summed E-state index contributed by atoms with van der Waals surface area (Å²) in [6.07, 6.45) is 5.51. The molecule has 1 unspecified atom stereocenters. The monoisotopic (exact) mass is 481 g/mol. The van der Waals surface area contributed by atoms with Crippen LogP contribution in [0.4, 0.5) is 5.69 Å². The molecule has 0 bridgehead atoms. The van der Waals surface area contributed by atoms with Gasteiger partial charge in [-0.3, -0.25) is 9.59 Å². The van der Waals surface area contributed by atoms with Crippen molar-refractivity contribution in [1.29, 1.82) is 0 Å². The van der Waals surface area contributed by atoms with Crippen LogP contribution in [0.15, 0.2) is 79.0 Å². The molecule has 1 saturated heterocycles. The van der Waals surface area contributed by atoms with Crippen molar-refractivity contribution < 1.29 is 14.7 Å². The molecule has 184 valence electrons. The van der Waals surface area contributed by atoms with Crippen molar-refractivity contribution in [2.75, 3.05) is 18.0 Å². The summed E-state index contributed by atoms with van der Waals surface area (Å²) >= 11 is 0. The number of aliphatic carboxylic acids is 1. The number of fused-ring (bicyclic) bond motifs is 1. The fourth-order valence-electron chi connectivity index (χ4n) is 5.18.